The highest BCUT2D eigenvalue weighted by Crippen LogP contribution is 2.15. The van der Waals surface area contributed by atoms with Gasteiger partial charge in [-0.2, -0.15) is 10.2 Å². The zero-order valence-corrected chi connectivity index (χ0v) is 10.5. The van der Waals surface area contributed by atoms with Crippen LogP contribution in [0.2, 0.25) is 0 Å². The van der Waals surface area contributed by atoms with Gasteiger partial charge >= 0.3 is 5.97 Å². The minimum atomic E-state index is -0.532. The number of nitrogens with zero attached hydrogens (tertiary/aromatic N) is 2. The summed E-state index contributed by atoms with van der Waals surface area (Å²) in [5.74, 6) is -0.247. The number of carbonyl (C=O) groups is 1. The van der Waals surface area contributed by atoms with Gasteiger partial charge in [0.1, 0.15) is 0 Å². The fraction of sp³-hybridized carbons (Fsp3) is 0.462. The number of hydrogen-bond acceptors (Lipinski definition) is 4. The quantitative estimate of drug-likeness (QED) is 0.579. The van der Waals surface area contributed by atoms with Gasteiger partial charge in [-0.25, -0.2) is 4.79 Å². The van der Waals surface area contributed by atoms with Gasteiger partial charge in [0.05, 0.1) is 12.3 Å². The highest BCUT2D eigenvalue weighted by atomic mass is 16.5. The zero-order valence-electron chi connectivity index (χ0n) is 10.5. The molecule has 0 aromatic heterocycles. The van der Waals surface area contributed by atoms with Crippen molar-refractivity contribution in [3.05, 3.63) is 30.3 Å². The van der Waals surface area contributed by atoms with Gasteiger partial charge < -0.3 is 4.74 Å². The van der Waals surface area contributed by atoms with Gasteiger partial charge in [-0.15, -0.1) is 0 Å². The molecule has 92 valence electrons. The molecule has 1 aromatic rings. The zero-order chi connectivity index (χ0) is 12.7. The molecule has 0 fully saturated rings. The van der Waals surface area contributed by atoms with E-state index >= 15 is 0 Å². The SMILES string of the molecule is CCOC(=O)C(N=Nc1ccccc1)C(C)C. The highest BCUT2D eigenvalue weighted by Gasteiger charge is 2.22. The third-order valence-electron chi connectivity index (χ3n) is 2.21. The van der Waals surface area contributed by atoms with Crippen LogP contribution in [0.5, 0.6) is 0 Å². The van der Waals surface area contributed by atoms with Gasteiger partial charge in [-0.05, 0) is 25.0 Å². The number of esters is 1. The van der Waals surface area contributed by atoms with E-state index in [0.717, 1.165) is 5.69 Å². The Kier molecular flexibility index (Phi) is 5.33. The van der Waals surface area contributed by atoms with Crippen LogP contribution in [0.1, 0.15) is 20.8 Å². The van der Waals surface area contributed by atoms with Crippen molar-refractivity contribution in [1.82, 2.24) is 0 Å². The van der Waals surface area contributed by atoms with Crippen LogP contribution in [-0.4, -0.2) is 18.6 Å². The molecule has 0 saturated carbocycles. The Morgan fingerprint density at radius 1 is 1.29 bits per heavy atom. The van der Waals surface area contributed by atoms with Crippen molar-refractivity contribution in [1.29, 1.82) is 0 Å². The lowest BCUT2D eigenvalue weighted by Gasteiger charge is -2.13. The third-order valence-corrected chi connectivity index (χ3v) is 2.21. The van der Waals surface area contributed by atoms with Crippen LogP contribution >= 0.6 is 0 Å². The summed E-state index contributed by atoms with van der Waals surface area (Å²) in [5, 5.41) is 8.12. The maximum Gasteiger partial charge on any atom is 0.333 e. The molecule has 0 heterocycles. The summed E-state index contributed by atoms with van der Waals surface area (Å²) in [6, 6.07) is 8.81. The second-order valence-electron chi connectivity index (χ2n) is 3.99. The van der Waals surface area contributed by atoms with Gasteiger partial charge in [0.25, 0.3) is 0 Å². The van der Waals surface area contributed by atoms with Crippen molar-refractivity contribution < 1.29 is 9.53 Å². The van der Waals surface area contributed by atoms with Crippen LogP contribution in [-0.2, 0) is 9.53 Å². The van der Waals surface area contributed by atoms with Crippen LogP contribution in [0.3, 0.4) is 0 Å². The van der Waals surface area contributed by atoms with Gasteiger partial charge in [-0.3, -0.25) is 0 Å². The number of hydrogen-bond donors (Lipinski definition) is 0. The molecule has 0 aliphatic heterocycles. The van der Waals surface area contributed by atoms with Gasteiger partial charge in [0, 0.05) is 0 Å². The highest BCUT2D eigenvalue weighted by molar-refractivity contribution is 5.76. The lowest BCUT2D eigenvalue weighted by Crippen LogP contribution is -2.26. The first-order valence-corrected chi connectivity index (χ1v) is 5.77. The molecule has 0 N–H and O–H groups in total. The Morgan fingerprint density at radius 3 is 2.47 bits per heavy atom. The van der Waals surface area contributed by atoms with Crippen LogP contribution in [0.15, 0.2) is 40.6 Å². The molecule has 0 amide bonds. The minimum absolute atomic E-state index is 0.0708. The normalized spacial score (nSPS) is 12.9. The molecule has 1 aromatic carbocycles. The van der Waals surface area contributed by atoms with Gasteiger partial charge in [-0.1, -0.05) is 32.0 Å². The number of ether oxygens (including phenoxy) is 1. The molecule has 1 rings (SSSR count). The van der Waals surface area contributed by atoms with E-state index in [1.807, 2.05) is 44.2 Å². The van der Waals surface area contributed by atoms with Crippen LogP contribution in [0.4, 0.5) is 5.69 Å². The van der Waals surface area contributed by atoms with Crippen molar-refractivity contribution >= 4 is 11.7 Å². The molecule has 0 aliphatic carbocycles. The third kappa shape index (κ3) is 4.34. The molecule has 0 radical (unpaired) electrons. The summed E-state index contributed by atoms with van der Waals surface area (Å²) in [7, 11) is 0. The van der Waals surface area contributed by atoms with Crippen molar-refractivity contribution in [3.8, 4) is 0 Å². The molecule has 0 saturated heterocycles. The standard InChI is InChI=1S/C13H18N2O2/c1-4-17-13(16)12(10(2)3)15-14-11-8-6-5-7-9-11/h5-10,12H,4H2,1-3H3. The van der Waals surface area contributed by atoms with Crippen molar-refractivity contribution in [3.63, 3.8) is 0 Å². The average Bonchev–Trinajstić information content (AvgIpc) is 2.30. The Hall–Kier alpha value is -1.71. The molecular formula is C13H18N2O2. The predicted octanol–water partition coefficient (Wildman–Crippen LogP) is 3.36. The second-order valence-corrected chi connectivity index (χ2v) is 3.99. The van der Waals surface area contributed by atoms with E-state index in [4.69, 9.17) is 4.74 Å². The number of benzene rings is 1. The fourth-order valence-corrected chi connectivity index (χ4v) is 1.30. The molecule has 0 spiro atoms. The summed E-state index contributed by atoms with van der Waals surface area (Å²) in [5.41, 5.74) is 0.738. The molecule has 0 bridgehead atoms. The molecule has 17 heavy (non-hydrogen) atoms. The van der Waals surface area contributed by atoms with Gasteiger partial charge in [0.2, 0.25) is 0 Å². The van der Waals surface area contributed by atoms with E-state index in [1.165, 1.54) is 0 Å². The number of rotatable bonds is 5. The first-order valence-electron chi connectivity index (χ1n) is 5.77. The predicted molar refractivity (Wildman–Crippen MR) is 66.2 cm³/mol. The van der Waals surface area contributed by atoms with E-state index in [0.29, 0.717) is 6.61 Å². The van der Waals surface area contributed by atoms with Gasteiger partial charge in [0.15, 0.2) is 6.04 Å². The Balaban J connectivity index is 2.73. The molecule has 1 atom stereocenters. The molecule has 4 heteroatoms. The lowest BCUT2D eigenvalue weighted by molar-refractivity contribution is -0.145. The molecular weight excluding hydrogens is 216 g/mol. The number of azo groups is 1. The fourth-order valence-electron chi connectivity index (χ4n) is 1.30. The lowest BCUT2D eigenvalue weighted by atomic mass is 10.1. The van der Waals surface area contributed by atoms with Crippen molar-refractivity contribution in [2.45, 2.75) is 26.8 Å². The second kappa shape index (κ2) is 6.78. The molecule has 1 unspecified atom stereocenters. The van der Waals surface area contributed by atoms with E-state index in [9.17, 15) is 4.79 Å². The van der Waals surface area contributed by atoms with E-state index in [-0.39, 0.29) is 11.9 Å². The van der Waals surface area contributed by atoms with Crippen LogP contribution in [0, 0.1) is 5.92 Å². The van der Waals surface area contributed by atoms with E-state index < -0.39 is 6.04 Å². The first kappa shape index (κ1) is 13.4. The maximum absolute atomic E-state index is 11.6. The maximum atomic E-state index is 11.6. The minimum Gasteiger partial charge on any atom is -0.464 e. The van der Waals surface area contributed by atoms with Crippen molar-refractivity contribution in [2.75, 3.05) is 6.61 Å². The van der Waals surface area contributed by atoms with E-state index in [2.05, 4.69) is 10.2 Å². The van der Waals surface area contributed by atoms with Crippen molar-refractivity contribution in [2.24, 2.45) is 16.1 Å². The summed E-state index contributed by atoms with van der Waals surface area (Å²) in [4.78, 5) is 11.6. The Morgan fingerprint density at radius 2 is 1.94 bits per heavy atom. The molecule has 4 nitrogen and oxygen atoms in total. The summed E-state index contributed by atoms with van der Waals surface area (Å²) < 4.78 is 4.96. The van der Waals surface area contributed by atoms with E-state index in [1.54, 1.807) is 6.92 Å². The summed E-state index contributed by atoms with van der Waals surface area (Å²) in [6.07, 6.45) is 0. The number of carbonyl (C=O) groups excluding carboxylic acids is 1. The smallest absolute Gasteiger partial charge is 0.333 e. The topological polar surface area (TPSA) is 51.0 Å². The monoisotopic (exact) mass is 234 g/mol. The van der Waals surface area contributed by atoms with Crippen LogP contribution in [0.25, 0.3) is 0 Å². The first-order chi connectivity index (χ1) is 8.15. The molecule has 0 aliphatic rings. The average molecular weight is 234 g/mol. The Bertz CT molecular complexity index is 374. The summed E-state index contributed by atoms with van der Waals surface area (Å²) >= 11 is 0. The largest absolute Gasteiger partial charge is 0.464 e. The Labute approximate surface area is 102 Å². The summed E-state index contributed by atoms with van der Waals surface area (Å²) in [6.45, 7) is 5.99. The van der Waals surface area contributed by atoms with Crippen LogP contribution < -0.4 is 0 Å².